The molecule has 24 nitrogen and oxygen atoms in total. The molecule has 4 heterocycles. The van der Waals surface area contributed by atoms with E-state index in [-0.39, 0.29) is 87.8 Å². The van der Waals surface area contributed by atoms with Crippen LogP contribution in [0.4, 0.5) is 13.2 Å². The number of halogens is 4. The zero-order valence-corrected chi connectivity index (χ0v) is 61.6. The van der Waals surface area contributed by atoms with Crippen molar-refractivity contribution in [3.63, 3.8) is 0 Å². The summed E-state index contributed by atoms with van der Waals surface area (Å²) in [7, 11) is 8.48. The fraction of sp³-hybridized carbons (Fsp3) is 0.694. The fourth-order valence-electron chi connectivity index (χ4n) is 13.9. The Morgan fingerprint density at radius 3 is 1.95 bits per heavy atom. The maximum absolute atomic E-state index is 15.1. The van der Waals surface area contributed by atoms with Crippen LogP contribution < -0.4 is 16.0 Å². The molecule has 556 valence electrons. The summed E-state index contributed by atoms with van der Waals surface area (Å²) in [6.07, 6.45) is 6.55. The van der Waals surface area contributed by atoms with Crippen molar-refractivity contribution >= 4 is 82.5 Å². The van der Waals surface area contributed by atoms with Gasteiger partial charge in [0.25, 0.3) is 11.8 Å². The number of aryl methyl sites for hydroxylation is 1. The van der Waals surface area contributed by atoms with E-state index in [4.69, 9.17) is 11.6 Å². The first-order chi connectivity index (χ1) is 47.1. The highest BCUT2D eigenvalue weighted by atomic mass is 35.5. The van der Waals surface area contributed by atoms with Gasteiger partial charge in [-0.3, -0.25) is 57.5 Å². The largest absolute Gasteiger partial charge is 0.417 e. The van der Waals surface area contributed by atoms with Crippen LogP contribution in [0.1, 0.15) is 175 Å². The minimum atomic E-state index is -4.74. The number of carbonyl (C=O) groups excluding carboxylic acids is 12. The molecule has 1 unspecified atom stereocenters. The third-order valence-electron chi connectivity index (χ3n) is 20.7. The summed E-state index contributed by atoms with van der Waals surface area (Å²) < 4.78 is 41.3. The predicted octanol–water partition coefficient (Wildman–Crippen LogP) is 6.53. The Morgan fingerprint density at radius 2 is 1.35 bits per heavy atom. The molecule has 2 saturated heterocycles. The molecule has 8 atom stereocenters. The van der Waals surface area contributed by atoms with Gasteiger partial charge in [-0.2, -0.15) is 13.2 Å². The van der Waals surface area contributed by atoms with E-state index in [1.54, 1.807) is 31.7 Å². The lowest BCUT2D eigenvalue weighted by molar-refractivity contribution is -0.150. The molecular formula is C72H108ClF3N12O12. The van der Waals surface area contributed by atoms with Gasteiger partial charge in [0, 0.05) is 87.5 Å². The molecule has 6 rings (SSSR count). The Balaban J connectivity index is 1.37. The zero-order chi connectivity index (χ0) is 74.2. The lowest BCUT2D eigenvalue weighted by Crippen LogP contribution is -2.60. The van der Waals surface area contributed by atoms with Gasteiger partial charge in [-0.05, 0) is 131 Å². The van der Waals surface area contributed by atoms with Gasteiger partial charge in [0.05, 0.1) is 17.1 Å². The van der Waals surface area contributed by atoms with Crippen LogP contribution in [0.3, 0.4) is 0 Å². The minimum Gasteiger partial charge on any atom is -0.354 e. The SMILES string of the molecule is CC[C@H](C)C1NC(=O)[C@H](C)N(C)C(=O)C=C(C(=O)N2CCCCC2)N(C)C(=O)[C@H](C(C)C)N(C)C(=O)CCCCNC(=O)[C@@H]2CCCN2C(=O)[C@H](CCc2ccc(C(F)(F)F)c(Cl)c2)NC(=O)CN(C)C(=O)[C@H](CC2CCCCC2)N(C)C(=O)C2=CCN2C(=O)[C@H](CCC(C)C)N(C)C1=O. The average molecular weight is 1430 g/mol. The number of fused-ring (bicyclic) bond motifs is 2. The quantitative estimate of drug-likeness (QED) is 0.202. The van der Waals surface area contributed by atoms with Crippen LogP contribution in [0.5, 0.6) is 0 Å². The van der Waals surface area contributed by atoms with Crippen molar-refractivity contribution in [2.24, 2.45) is 23.7 Å². The Kier molecular flexibility index (Phi) is 30.0. The summed E-state index contributed by atoms with van der Waals surface area (Å²) in [4.78, 5) is 187. The number of amides is 12. The molecule has 0 radical (unpaired) electrons. The molecule has 4 aliphatic heterocycles. The van der Waals surface area contributed by atoms with E-state index in [1.807, 2.05) is 20.8 Å². The Morgan fingerprint density at radius 1 is 0.690 bits per heavy atom. The van der Waals surface area contributed by atoms with Crippen molar-refractivity contribution in [2.75, 3.05) is 81.6 Å². The Hall–Kier alpha value is -7.58. The number of nitrogens with one attached hydrogen (secondary N) is 3. The second kappa shape index (κ2) is 36.8. The molecule has 5 aliphatic rings. The number of hydrogen-bond acceptors (Lipinski definition) is 12. The maximum Gasteiger partial charge on any atom is 0.417 e. The molecule has 28 heteroatoms. The number of piperidine rings is 1. The molecule has 0 bridgehead atoms. The third-order valence-corrected chi connectivity index (χ3v) is 21.0. The first-order valence-corrected chi connectivity index (χ1v) is 36.1. The monoisotopic (exact) mass is 1420 g/mol. The van der Waals surface area contributed by atoms with Crippen LogP contribution in [0.15, 0.2) is 41.7 Å². The molecule has 12 amide bonds. The first kappa shape index (κ1) is 81.4. The van der Waals surface area contributed by atoms with Crippen LogP contribution in [0, 0.1) is 23.7 Å². The number of benzene rings is 1. The highest BCUT2D eigenvalue weighted by Crippen LogP contribution is 2.36. The van der Waals surface area contributed by atoms with Crippen LogP contribution in [-0.2, 0) is 70.1 Å². The van der Waals surface area contributed by atoms with Gasteiger partial charge in [-0.15, -0.1) is 0 Å². The van der Waals surface area contributed by atoms with Crippen molar-refractivity contribution in [3.8, 4) is 0 Å². The van der Waals surface area contributed by atoms with E-state index in [2.05, 4.69) is 16.0 Å². The summed E-state index contributed by atoms with van der Waals surface area (Å²) in [6, 6.07) is -5.11. The number of carbonyl (C=O) groups is 12. The first-order valence-electron chi connectivity index (χ1n) is 35.8. The van der Waals surface area contributed by atoms with Crippen LogP contribution in [0.2, 0.25) is 5.02 Å². The van der Waals surface area contributed by atoms with Gasteiger partial charge in [0.2, 0.25) is 59.1 Å². The van der Waals surface area contributed by atoms with Crippen LogP contribution in [-0.4, -0.2) is 239 Å². The number of rotatable bonds is 12. The molecule has 100 heavy (non-hydrogen) atoms. The normalized spacial score (nSPS) is 25.4. The molecule has 0 spiro atoms. The smallest absolute Gasteiger partial charge is 0.354 e. The van der Waals surface area contributed by atoms with Crippen LogP contribution in [0.25, 0.3) is 0 Å². The standard InChI is InChI=1S/C72H108ClF3N12O12/c1-14-46(6)61-70(99)82(10)54(33-28-44(2)3)69(98)88-39-34-55(88)67(96)83(11)56(41-48-24-17-15-18-25-48)66(95)80(8)43-58(89)78-52(32-30-49-29-31-50(51(73)40-49)72(74,75)76)65(94)87-38-23-26-53(87)64(93)77-35-20-19-27-59(90)85(13)62(45(4)5)71(100)84(12)57(68(97)86-36-21-16-22-37-86)42-60(91)81(9)47(7)63(92)79-61/h29,31,34,40,42,44-48,52-54,56,61-62H,14-28,30,32-33,35-39,41,43H2,1-13H3,(H,77,93)(H,78,89)(H,79,92)/t46-,47-,52-,53-,54-,56-,61?,62-/m0/s1. The number of nitrogens with zero attached hydrogens (tertiary/aromatic N) is 9. The molecule has 0 aromatic heterocycles. The third kappa shape index (κ3) is 20.8. The van der Waals surface area contributed by atoms with Gasteiger partial charge in [-0.1, -0.05) is 97.7 Å². The topological polar surface area (TPSA) is 270 Å². The molecule has 1 aromatic rings. The summed E-state index contributed by atoms with van der Waals surface area (Å²) in [6.45, 7) is 12.7. The number of likely N-dealkylation sites (tertiary alicyclic amines) is 1. The summed E-state index contributed by atoms with van der Waals surface area (Å²) in [5, 5.41) is 7.92. The summed E-state index contributed by atoms with van der Waals surface area (Å²) >= 11 is 6.11. The van der Waals surface area contributed by atoms with E-state index in [0.717, 1.165) is 71.4 Å². The lowest BCUT2D eigenvalue weighted by Gasteiger charge is -2.41. The van der Waals surface area contributed by atoms with Crippen molar-refractivity contribution in [2.45, 2.75) is 219 Å². The van der Waals surface area contributed by atoms with E-state index in [1.165, 1.54) is 79.8 Å². The van der Waals surface area contributed by atoms with Crippen molar-refractivity contribution < 1.29 is 70.7 Å². The number of hydrogen-bond donors (Lipinski definition) is 3. The van der Waals surface area contributed by atoms with Gasteiger partial charge in [0.1, 0.15) is 53.7 Å². The van der Waals surface area contributed by atoms with Gasteiger partial charge in [-0.25, -0.2) is 0 Å². The highest BCUT2D eigenvalue weighted by molar-refractivity contribution is 6.31. The molecule has 3 fully saturated rings. The second-order valence-corrected chi connectivity index (χ2v) is 29.1. The van der Waals surface area contributed by atoms with Crippen molar-refractivity contribution in [1.82, 2.24) is 60.0 Å². The summed E-state index contributed by atoms with van der Waals surface area (Å²) in [5.74, 6) is -8.64. The molecule has 1 aliphatic carbocycles. The maximum atomic E-state index is 15.1. The average Bonchev–Trinajstić information content (AvgIpc) is 0.907. The lowest BCUT2D eigenvalue weighted by atomic mass is 9.84. The second-order valence-electron chi connectivity index (χ2n) is 28.7. The number of likely N-dealkylation sites (N-methyl/N-ethyl adjacent to an activating group) is 6. The van der Waals surface area contributed by atoms with Gasteiger partial charge in [0.15, 0.2) is 0 Å². The van der Waals surface area contributed by atoms with E-state index < -0.39 is 148 Å². The molecule has 3 N–H and O–H groups in total. The van der Waals surface area contributed by atoms with Crippen LogP contribution >= 0.6 is 11.6 Å². The fourth-order valence-corrected chi connectivity index (χ4v) is 14.2. The summed E-state index contributed by atoms with van der Waals surface area (Å²) in [5.41, 5.74) is -1.06. The Labute approximate surface area is 592 Å². The highest BCUT2D eigenvalue weighted by Gasteiger charge is 2.45. The minimum absolute atomic E-state index is 0.00785. The Bertz CT molecular complexity index is 3210. The van der Waals surface area contributed by atoms with E-state index in [9.17, 15) is 61.1 Å². The molecule has 1 aromatic carbocycles. The van der Waals surface area contributed by atoms with Crippen molar-refractivity contribution in [1.29, 1.82) is 0 Å². The zero-order valence-electron chi connectivity index (χ0n) is 60.9. The number of alkyl halides is 3. The molecular weight excluding hydrogens is 1320 g/mol. The van der Waals surface area contributed by atoms with Gasteiger partial charge < -0.3 is 60.0 Å². The van der Waals surface area contributed by atoms with Gasteiger partial charge >= 0.3 is 6.18 Å². The van der Waals surface area contributed by atoms with Crippen molar-refractivity contribution in [3.05, 3.63) is 57.9 Å². The predicted molar refractivity (Wildman–Crippen MR) is 370 cm³/mol. The van der Waals surface area contributed by atoms with E-state index in [0.29, 0.717) is 57.2 Å². The van der Waals surface area contributed by atoms with E-state index >= 15 is 9.59 Å². The molecule has 1 saturated carbocycles.